The molecule has 0 aliphatic rings. The number of nitrogens with two attached hydrogens (primary N) is 1. The van der Waals surface area contributed by atoms with Gasteiger partial charge in [0.2, 0.25) is 15.9 Å². The summed E-state index contributed by atoms with van der Waals surface area (Å²) >= 11 is 1.53. The number of carbonyl (C=O) groups excluding carboxylic acids is 1. The van der Waals surface area contributed by atoms with Gasteiger partial charge in [0.15, 0.2) is 0 Å². The predicted molar refractivity (Wildman–Crippen MR) is 54.0 cm³/mol. The fraction of sp³-hybridized carbons (Fsp3) is 0.833. The molecule has 1 amide bonds. The van der Waals surface area contributed by atoms with Gasteiger partial charge in [0, 0.05) is 0 Å². The number of sulfonamides is 1. The normalized spacial score (nSPS) is 14.0. The molecule has 1 atom stereocenters. The van der Waals surface area contributed by atoms with E-state index in [-0.39, 0.29) is 0 Å². The Morgan fingerprint density at radius 3 is 2.46 bits per heavy atom. The Labute approximate surface area is 82.5 Å². The van der Waals surface area contributed by atoms with E-state index >= 15 is 0 Å². The second-order valence-corrected chi connectivity index (χ2v) is 5.39. The summed E-state index contributed by atoms with van der Waals surface area (Å²) in [5.74, 6) is 0.0512. The largest absolute Gasteiger partial charge is 0.368 e. The summed E-state index contributed by atoms with van der Waals surface area (Å²) in [6.07, 6.45) is 3.30. The predicted octanol–water partition coefficient (Wildman–Crippen LogP) is -0.857. The first kappa shape index (κ1) is 12.7. The molecule has 0 heterocycles. The zero-order valence-corrected chi connectivity index (χ0v) is 9.24. The van der Waals surface area contributed by atoms with E-state index in [1.165, 1.54) is 11.8 Å². The molecule has 3 N–H and O–H groups in total. The summed E-state index contributed by atoms with van der Waals surface area (Å²) in [4.78, 5) is 10.8. The summed E-state index contributed by atoms with van der Waals surface area (Å²) in [6.45, 7) is 0. The number of nitrogens with one attached hydrogen (secondary N) is 1. The molecule has 0 aromatic heterocycles. The van der Waals surface area contributed by atoms with Gasteiger partial charge < -0.3 is 5.73 Å². The first-order chi connectivity index (χ1) is 5.87. The van der Waals surface area contributed by atoms with Crippen molar-refractivity contribution in [1.29, 1.82) is 0 Å². The number of amides is 1. The molecule has 0 saturated heterocycles. The van der Waals surface area contributed by atoms with E-state index in [1.807, 2.05) is 6.26 Å². The molecule has 5 nitrogen and oxygen atoms in total. The van der Waals surface area contributed by atoms with Crippen molar-refractivity contribution in [2.75, 3.05) is 18.3 Å². The van der Waals surface area contributed by atoms with Crippen LogP contribution in [0.3, 0.4) is 0 Å². The SMILES string of the molecule is CSCC[C@H](NS(C)(=O)=O)C(N)=O. The molecule has 0 aliphatic heterocycles. The fourth-order valence-electron chi connectivity index (χ4n) is 0.753. The molecule has 0 rings (SSSR count). The number of primary amides is 1. The van der Waals surface area contributed by atoms with Crippen LogP contribution in [0.4, 0.5) is 0 Å². The molecule has 0 unspecified atom stereocenters. The van der Waals surface area contributed by atoms with Crippen LogP contribution in [0.15, 0.2) is 0 Å². The van der Waals surface area contributed by atoms with Crippen LogP contribution >= 0.6 is 11.8 Å². The number of hydrogen-bond acceptors (Lipinski definition) is 4. The van der Waals surface area contributed by atoms with Crippen molar-refractivity contribution in [2.24, 2.45) is 5.73 Å². The lowest BCUT2D eigenvalue weighted by Crippen LogP contribution is -2.44. The first-order valence-corrected chi connectivity index (χ1v) is 6.91. The van der Waals surface area contributed by atoms with Crippen molar-refractivity contribution in [3.63, 3.8) is 0 Å². The van der Waals surface area contributed by atoms with E-state index < -0.39 is 22.0 Å². The number of rotatable bonds is 6. The Morgan fingerprint density at radius 1 is 1.62 bits per heavy atom. The zero-order chi connectivity index (χ0) is 10.5. The molecule has 0 aromatic rings. The van der Waals surface area contributed by atoms with Crippen molar-refractivity contribution in [3.05, 3.63) is 0 Å². The Kier molecular flexibility index (Phi) is 5.34. The number of thioether (sulfide) groups is 1. The minimum Gasteiger partial charge on any atom is -0.368 e. The van der Waals surface area contributed by atoms with Gasteiger partial charge in [-0.15, -0.1) is 0 Å². The van der Waals surface area contributed by atoms with Crippen LogP contribution in [0.25, 0.3) is 0 Å². The summed E-state index contributed by atoms with van der Waals surface area (Å²) in [7, 11) is -3.36. The van der Waals surface area contributed by atoms with Crippen LogP contribution < -0.4 is 10.5 Å². The van der Waals surface area contributed by atoms with Gasteiger partial charge in [0.25, 0.3) is 0 Å². The zero-order valence-electron chi connectivity index (χ0n) is 7.61. The highest BCUT2D eigenvalue weighted by Gasteiger charge is 2.18. The summed E-state index contributed by atoms with van der Waals surface area (Å²) < 4.78 is 23.7. The van der Waals surface area contributed by atoms with Gasteiger partial charge in [-0.3, -0.25) is 4.79 Å². The molecule has 0 fully saturated rings. The molecule has 0 bridgehead atoms. The Bertz CT molecular complexity index is 263. The lowest BCUT2D eigenvalue weighted by molar-refractivity contribution is -0.119. The first-order valence-electron chi connectivity index (χ1n) is 3.62. The van der Waals surface area contributed by atoms with Gasteiger partial charge in [-0.1, -0.05) is 0 Å². The minimum absolute atomic E-state index is 0.420. The third kappa shape index (κ3) is 6.85. The highest BCUT2D eigenvalue weighted by atomic mass is 32.2. The van der Waals surface area contributed by atoms with Gasteiger partial charge >= 0.3 is 0 Å². The molecule has 78 valence electrons. The molecule has 0 spiro atoms. The van der Waals surface area contributed by atoms with Crippen LogP contribution in [-0.4, -0.2) is 38.6 Å². The monoisotopic (exact) mass is 226 g/mol. The standard InChI is InChI=1S/C6H14N2O3S2/c1-12-4-3-5(6(7)9)8-13(2,10)11/h5,8H,3-4H2,1-2H3,(H2,7,9)/t5-/m0/s1. The maximum Gasteiger partial charge on any atom is 0.235 e. The van der Waals surface area contributed by atoms with Gasteiger partial charge in [0.1, 0.15) is 6.04 Å². The van der Waals surface area contributed by atoms with E-state index in [2.05, 4.69) is 4.72 Å². The third-order valence-electron chi connectivity index (χ3n) is 1.31. The molecule has 0 saturated carbocycles. The van der Waals surface area contributed by atoms with Crippen molar-refractivity contribution in [1.82, 2.24) is 4.72 Å². The molecule has 0 aliphatic carbocycles. The summed E-state index contributed by atoms with van der Waals surface area (Å²) in [5.41, 5.74) is 5.01. The van der Waals surface area contributed by atoms with Gasteiger partial charge in [-0.2, -0.15) is 11.8 Å². The van der Waals surface area contributed by atoms with Crippen LogP contribution in [0.1, 0.15) is 6.42 Å². The highest BCUT2D eigenvalue weighted by molar-refractivity contribution is 7.98. The Morgan fingerprint density at radius 2 is 2.15 bits per heavy atom. The average molecular weight is 226 g/mol. The quantitative estimate of drug-likeness (QED) is 0.617. The van der Waals surface area contributed by atoms with Crippen molar-refractivity contribution in [3.8, 4) is 0 Å². The van der Waals surface area contributed by atoms with Crippen molar-refractivity contribution >= 4 is 27.7 Å². The van der Waals surface area contributed by atoms with Crippen LogP contribution in [-0.2, 0) is 14.8 Å². The molecule has 0 aromatic carbocycles. The minimum atomic E-state index is -3.36. The van der Waals surface area contributed by atoms with E-state index in [4.69, 9.17) is 5.73 Å². The van der Waals surface area contributed by atoms with E-state index in [1.54, 1.807) is 0 Å². The number of carbonyl (C=O) groups is 1. The van der Waals surface area contributed by atoms with E-state index in [9.17, 15) is 13.2 Å². The lowest BCUT2D eigenvalue weighted by atomic mass is 10.2. The van der Waals surface area contributed by atoms with Crippen LogP contribution in [0.2, 0.25) is 0 Å². The lowest BCUT2D eigenvalue weighted by Gasteiger charge is -2.12. The van der Waals surface area contributed by atoms with Crippen LogP contribution in [0.5, 0.6) is 0 Å². The summed E-state index contributed by atoms with van der Waals surface area (Å²) in [6, 6.07) is -0.789. The second-order valence-electron chi connectivity index (χ2n) is 2.63. The molecule has 13 heavy (non-hydrogen) atoms. The van der Waals surface area contributed by atoms with E-state index in [0.29, 0.717) is 12.2 Å². The molecule has 0 radical (unpaired) electrons. The smallest absolute Gasteiger partial charge is 0.235 e. The maximum atomic E-state index is 10.8. The molecule has 7 heteroatoms. The van der Waals surface area contributed by atoms with Crippen molar-refractivity contribution in [2.45, 2.75) is 12.5 Å². The van der Waals surface area contributed by atoms with E-state index in [0.717, 1.165) is 6.26 Å². The Hall–Kier alpha value is -0.270. The topological polar surface area (TPSA) is 89.3 Å². The summed E-state index contributed by atoms with van der Waals surface area (Å²) in [5, 5.41) is 0. The van der Waals surface area contributed by atoms with Gasteiger partial charge in [0.05, 0.1) is 6.26 Å². The van der Waals surface area contributed by atoms with Gasteiger partial charge in [-0.05, 0) is 18.4 Å². The van der Waals surface area contributed by atoms with Gasteiger partial charge in [-0.25, -0.2) is 13.1 Å². The molecular weight excluding hydrogens is 212 g/mol. The fourth-order valence-corrected chi connectivity index (χ4v) is 1.98. The average Bonchev–Trinajstić information content (AvgIpc) is 1.95. The Balaban J connectivity index is 4.19. The highest BCUT2D eigenvalue weighted by Crippen LogP contribution is 2.01. The van der Waals surface area contributed by atoms with Crippen LogP contribution in [0, 0.1) is 0 Å². The molecular formula is C6H14N2O3S2. The third-order valence-corrected chi connectivity index (χ3v) is 2.67. The maximum absolute atomic E-state index is 10.8. The van der Waals surface area contributed by atoms with Crippen molar-refractivity contribution < 1.29 is 13.2 Å². The number of hydrogen-bond donors (Lipinski definition) is 2. The second kappa shape index (κ2) is 5.46.